The summed E-state index contributed by atoms with van der Waals surface area (Å²) < 4.78 is 30.8. The minimum Gasteiger partial charge on any atom is -0.481 e. The van der Waals surface area contributed by atoms with Gasteiger partial charge in [0.1, 0.15) is 0 Å². The highest BCUT2D eigenvalue weighted by Crippen LogP contribution is 1.96. The predicted octanol–water partition coefficient (Wildman–Crippen LogP) is -0.819. The third-order valence-electron chi connectivity index (χ3n) is 1.97. The van der Waals surface area contributed by atoms with Crippen molar-refractivity contribution >= 4 is 22.1 Å². The first kappa shape index (κ1) is 16.8. The zero-order chi connectivity index (χ0) is 14.2. The summed E-state index contributed by atoms with van der Waals surface area (Å²) in [5.74, 6) is -1.57. The molecule has 0 aliphatic heterocycles. The second kappa shape index (κ2) is 8.01. The standard InChI is InChI=1S/C9H18N2O6S/c1-3-17-9(14)4-6-10-18(15,16)11(2)7-5-8(12)13/h10H,3-7H2,1-2H3,(H,12,13). The van der Waals surface area contributed by atoms with Crippen molar-refractivity contribution in [3.05, 3.63) is 0 Å². The third kappa shape index (κ3) is 7.20. The molecule has 0 rings (SSSR count). The molecule has 0 bridgehead atoms. The summed E-state index contributed by atoms with van der Waals surface area (Å²) in [6.45, 7) is 1.68. The van der Waals surface area contributed by atoms with E-state index < -0.39 is 22.1 Å². The average Bonchev–Trinajstić information content (AvgIpc) is 2.25. The molecule has 0 aromatic rings. The average molecular weight is 282 g/mol. The minimum atomic E-state index is -3.75. The van der Waals surface area contributed by atoms with E-state index in [2.05, 4.69) is 9.46 Å². The Bertz CT molecular complexity index is 381. The Balaban J connectivity index is 4.06. The molecule has 9 heteroatoms. The van der Waals surface area contributed by atoms with Crippen molar-refractivity contribution in [1.82, 2.24) is 9.03 Å². The SMILES string of the molecule is CCOC(=O)CCNS(=O)(=O)N(C)CCC(=O)O. The molecule has 0 aliphatic rings. The Hall–Kier alpha value is -1.19. The van der Waals surface area contributed by atoms with Crippen LogP contribution in [-0.4, -0.2) is 56.5 Å². The summed E-state index contributed by atoms with van der Waals surface area (Å²) >= 11 is 0. The van der Waals surface area contributed by atoms with Crippen LogP contribution in [0.25, 0.3) is 0 Å². The van der Waals surface area contributed by atoms with Crippen LogP contribution in [0.2, 0.25) is 0 Å². The van der Waals surface area contributed by atoms with Gasteiger partial charge in [-0.2, -0.15) is 12.7 Å². The van der Waals surface area contributed by atoms with E-state index in [9.17, 15) is 18.0 Å². The van der Waals surface area contributed by atoms with Crippen LogP contribution in [-0.2, 0) is 24.5 Å². The Morgan fingerprint density at radius 1 is 1.33 bits per heavy atom. The molecule has 0 amide bonds. The van der Waals surface area contributed by atoms with Crippen molar-refractivity contribution in [3.63, 3.8) is 0 Å². The van der Waals surface area contributed by atoms with Crippen LogP contribution >= 0.6 is 0 Å². The van der Waals surface area contributed by atoms with Crippen LogP contribution in [0.15, 0.2) is 0 Å². The number of carbonyl (C=O) groups excluding carboxylic acids is 1. The normalized spacial score (nSPS) is 11.5. The molecular formula is C9H18N2O6S. The first-order chi connectivity index (χ1) is 8.29. The van der Waals surface area contributed by atoms with E-state index >= 15 is 0 Å². The lowest BCUT2D eigenvalue weighted by Gasteiger charge is -2.16. The number of hydrogen-bond acceptors (Lipinski definition) is 5. The summed E-state index contributed by atoms with van der Waals surface area (Å²) in [5, 5.41) is 8.43. The van der Waals surface area contributed by atoms with Gasteiger partial charge in [-0.05, 0) is 6.92 Å². The van der Waals surface area contributed by atoms with Crippen molar-refractivity contribution in [3.8, 4) is 0 Å². The van der Waals surface area contributed by atoms with Gasteiger partial charge in [-0.1, -0.05) is 0 Å². The number of aliphatic carboxylic acids is 1. The number of ether oxygens (including phenoxy) is 1. The van der Waals surface area contributed by atoms with E-state index in [0.29, 0.717) is 0 Å². The van der Waals surface area contributed by atoms with E-state index in [-0.39, 0.29) is 32.5 Å². The van der Waals surface area contributed by atoms with Crippen LogP contribution < -0.4 is 4.72 Å². The van der Waals surface area contributed by atoms with Gasteiger partial charge >= 0.3 is 11.9 Å². The summed E-state index contributed by atoms with van der Waals surface area (Å²) in [5.41, 5.74) is 0. The van der Waals surface area contributed by atoms with Crippen LogP contribution in [0.5, 0.6) is 0 Å². The Kier molecular flexibility index (Phi) is 7.48. The number of carboxylic acid groups (broad SMARTS) is 1. The molecule has 2 N–H and O–H groups in total. The maximum absolute atomic E-state index is 11.6. The van der Waals surface area contributed by atoms with Gasteiger partial charge in [0.15, 0.2) is 0 Å². The summed E-state index contributed by atoms with van der Waals surface area (Å²) in [7, 11) is -2.49. The Morgan fingerprint density at radius 2 is 1.94 bits per heavy atom. The van der Waals surface area contributed by atoms with Crippen molar-refractivity contribution in [2.24, 2.45) is 0 Å². The first-order valence-corrected chi connectivity index (χ1v) is 6.82. The maximum Gasteiger partial charge on any atom is 0.307 e. The topological polar surface area (TPSA) is 113 Å². The van der Waals surface area contributed by atoms with E-state index in [0.717, 1.165) is 4.31 Å². The summed E-state index contributed by atoms with van der Waals surface area (Å²) in [6, 6.07) is 0. The molecule has 0 radical (unpaired) electrons. The fraction of sp³-hybridized carbons (Fsp3) is 0.778. The molecule has 0 fully saturated rings. The Morgan fingerprint density at radius 3 is 2.44 bits per heavy atom. The van der Waals surface area contributed by atoms with Crippen LogP contribution in [0.1, 0.15) is 19.8 Å². The third-order valence-corrected chi connectivity index (χ3v) is 3.54. The molecule has 0 heterocycles. The van der Waals surface area contributed by atoms with Gasteiger partial charge in [0.25, 0.3) is 10.2 Å². The van der Waals surface area contributed by atoms with Crippen LogP contribution in [0.4, 0.5) is 0 Å². The van der Waals surface area contributed by atoms with Crippen molar-refractivity contribution in [1.29, 1.82) is 0 Å². The number of hydrogen-bond donors (Lipinski definition) is 2. The zero-order valence-corrected chi connectivity index (χ0v) is 11.2. The minimum absolute atomic E-state index is 0.0696. The van der Waals surface area contributed by atoms with Gasteiger partial charge in [0.2, 0.25) is 0 Å². The highest BCUT2D eigenvalue weighted by molar-refractivity contribution is 7.87. The van der Waals surface area contributed by atoms with Gasteiger partial charge in [-0.3, -0.25) is 9.59 Å². The molecule has 0 aromatic carbocycles. The molecule has 106 valence electrons. The second-order valence-electron chi connectivity index (χ2n) is 3.42. The second-order valence-corrected chi connectivity index (χ2v) is 5.28. The molecule has 0 saturated carbocycles. The molecule has 8 nitrogen and oxygen atoms in total. The van der Waals surface area contributed by atoms with E-state index in [1.54, 1.807) is 6.92 Å². The van der Waals surface area contributed by atoms with Gasteiger partial charge in [0, 0.05) is 20.1 Å². The maximum atomic E-state index is 11.6. The number of nitrogens with zero attached hydrogens (tertiary/aromatic N) is 1. The van der Waals surface area contributed by atoms with E-state index in [1.165, 1.54) is 7.05 Å². The van der Waals surface area contributed by atoms with Gasteiger partial charge in [-0.15, -0.1) is 0 Å². The number of rotatable bonds is 9. The highest BCUT2D eigenvalue weighted by Gasteiger charge is 2.18. The fourth-order valence-corrected chi connectivity index (χ4v) is 1.91. The number of carboxylic acids is 1. The van der Waals surface area contributed by atoms with E-state index in [4.69, 9.17) is 5.11 Å². The molecule has 0 aromatic heterocycles. The molecule has 0 unspecified atom stereocenters. The van der Waals surface area contributed by atoms with Crippen molar-refractivity contribution < 1.29 is 27.9 Å². The van der Waals surface area contributed by atoms with Crippen molar-refractivity contribution in [2.45, 2.75) is 19.8 Å². The lowest BCUT2D eigenvalue weighted by Crippen LogP contribution is -2.40. The number of nitrogens with one attached hydrogen (secondary N) is 1. The first-order valence-electron chi connectivity index (χ1n) is 5.38. The van der Waals surface area contributed by atoms with Gasteiger partial charge in [-0.25, -0.2) is 4.72 Å². The number of esters is 1. The quantitative estimate of drug-likeness (QED) is 0.534. The van der Waals surface area contributed by atoms with Gasteiger partial charge < -0.3 is 9.84 Å². The highest BCUT2D eigenvalue weighted by atomic mass is 32.2. The smallest absolute Gasteiger partial charge is 0.307 e. The largest absolute Gasteiger partial charge is 0.481 e. The van der Waals surface area contributed by atoms with Crippen molar-refractivity contribution in [2.75, 3.05) is 26.7 Å². The molecular weight excluding hydrogens is 264 g/mol. The molecule has 0 atom stereocenters. The monoisotopic (exact) mass is 282 g/mol. The number of carbonyl (C=O) groups is 2. The van der Waals surface area contributed by atoms with Gasteiger partial charge in [0.05, 0.1) is 19.4 Å². The molecule has 0 spiro atoms. The Labute approximate surface area is 106 Å². The van der Waals surface area contributed by atoms with Crippen LogP contribution in [0, 0.1) is 0 Å². The summed E-state index contributed by atoms with van der Waals surface area (Å²) in [6.07, 6.45) is -0.352. The molecule has 18 heavy (non-hydrogen) atoms. The predicted molar refractivity (Wildman–Crippen MR) is 63.1 cm³/mol. The molecule has 0 aliphatic carbocycles. The summed E-state index contributed by atoms with van der Waals surface area (Å²) in [4.78, 5) is 21.3. The van der Waals surface area contributed by atoms with Crippen LogP contribution in [0.3, 0.4) is 0 Å². The lowest BCUT2D eigenvalue weighted by molar-refractivity contribution is -0.143. The van der Waals surface area contributed by atoms with E-state index in [1.807, 2.05) is 0 Å². The molecule has 0 saturated heterocycles. The lowest BCUT2D eigenvalue weighted by atomic mass is 10.4. The fourth-order valence-electron chi connectivity index (χ4n) is 0.999. The zero-order valence-electron chi connectivity index (χ0n) is 10.4.